The van der Waals surface area contributed by atoms with Crippen molar-refractivity contribution in [1.29, 1.82) is 0 Å². The largest absolute Gasteiger partial charge is 0.382 e. The van der Waals surface area contributed by atoms with E-state index < -0.39 is 7.44 Å². The molecule has 9 nitrogen and oxygen atoms in total. The highest BCUT2D eigenvalue weighted by Gasteiger charge is 2.28. The number of anilines is 3. The van der Waals surface area contributed by atoms with E-state index in [0.29, 0.717) is 32.1 Å². The normalized spacial score (nSPS) is 21.1. The maximum Gasteiger partial charge on any atom is 0.236 e. The molecule has 1 atom stereocenters. The van der Waals surface area contributed by atoms with Crippen LogP contribution in [0, 0.1) is 0 Å². The average Bonchev–Trinajstić information content (AvgIpc) is 3.06. The first-order valence-corrected chi connectivity index (χ1v) is 8.77. The highest BCUT2D eigenvalue weighted by Crippen LogP contribution is 2.38. The van der Waals surface area contributed by atoms with Crippen molar-refractivity contribution < 1.29 is 9.30 Å². The second-order valence-corrected chi connectivity index (χ2v) is 7.55. The highest BCUT2D eigenvalue weighted by molar-refractivity contribution is 7.59. The summed E-state index contributed by atoms with van der Waals surface area (Å²) in [6.07, 6.45) is 1.56. The van der Waals surface area contributed by atoms with Crippen LogP contribution in [0.3, 0.4) is 0 Å². The van der Waals surface area contributed by atoms with Crippen molar-refractivity contribution in [3.05, 3.63) is 6.33 Å². The third kappa shape index (κ3) is 3.11. The van der Waals surface area contributed by atoms with Gasteiger partial charge in [-0.05, 0) is 6.92 Å². The molecule has 0 aromatic carbocycles. The first-order valence-electron chi connectivity index (χ1n) is 6.88. The first-order chi connectivity index (χ1) is 10.1. The Balaban J connectivity index is 1.56. The van der Waals surface area contributed by atoms with Gasteiger partial charge in [0, 0.05) is 19.6 Å². The number of rotatable bonds is 5. The Morgan fingerprint density at radius 3 is 3.00 bits per heavy atom. The molecule has 0 aliphatic carbocycles. The van der Waals surface area contributed by atoms with Gasteiger partial charge in [0.2, 0.25) is 7.44 Å². The van der Waals surface area contributed by atoms with Crippen molar-refractivity contribution >= 4 is 24.8 Å². The lowest BCUT2D eigenvalue weighted by Gasteiger charge is -2.23. The van der Waals surface area contributed by atoms with Crippen molar-refractivity contribution in [1.82, 2.24) is 20.1 Å². The van der Waals surface area contributed by atoms with Crippen LogP contribution in [0.5, 0.6) is 0 Å². The van der Waals surface area contributed by atoms with E-state index in [-0.39, 0.29) is 12.5 Å². The number of nitrogens with zero attached hydrogens (tertiary/aromatic N) is 3. The topological polar surface area (TPSA) is 117 Å². The van der Waals surface area contributed by atoms with E-state index in [1.165, 1.54) is 6.33 Å². The first kappa shape index (κ1) is 14.5. The summed E-state index contributed by atoms with van der Waals surface area (Å²) >= 11 is 0. The molecule has 0 spiro atoms. The number of nitrogen functional groups attached to an aromatic ring is 1. The molecule has 2 aliphatic rings. The van der Waals surface area contributed by atoms with Gasteiger partial charge in [-0.15, -0.1) is 0 Å². The summed E-state index contributed by atoms with van der Waals surface area (Å²) in [6.45, 7) is 4.63. The summed E-state index contributed by atoms with van der Waals surface area (Å²) < 4.78 is 17.9. The Hall–Kier alpha value is -1.41. The Labute approximate surface area is 123 Å². The molecule has 1 saturated heterocycles. The van der Waals surface area contributed by atoms with Gasteiger partial charge in [-0.25, -0.2) is 9.97 Å². The van der Waals surface area contributed by atoms with Crippen molar-refractivity contribution in [2.45, 2.75) is 13.0 Å². The lowest BCUT2D eigenvalue weighted by molar-refractivity contribution is 0.104. The second kappa shape index (κ2) is 5.76. The molecule has 10 heteroatoms. The Morgan fingerprint density at radius 1 is 1.48 bits per heavy atom. The van der Waals surface area contributed by atoms with Crippen molar-refractivity contribution in [2.75, 3.05) is 48.6 Å². The molecule has 1 aromatic heterocycles. The van der Waals surface area contributed by atoms with Crippen molar-refractivity contribution in [2.24, 2.45) is 0 Å². The smallest absolute Gasteiger partial charge is 0.236 e. The van der Waals surface area contributed by atoms with E-state index in [4.69, 9.17) is 10.5 Å². The number of fused-ring (bicyclic) bond motifs is 1. The minimum Gasteiger partial charge on any atom is -0.382 e. The SMILES string of the molecule is C[C@H](CN1CNc2c(N)ncnc21)OCP1(=O)NCCN1. The second-order valence-electron chi connectivity index (χ2n) is 5.18. The zero-order valence-corrected chi connectivity index (χ0v) is 12.8. The molecule has 3 heterocycles. The minimum atomic E-state index is -2.54. The van der Waals surface area contributed by atoms with Gasteiger partial charge in [-0.2, -0.15) is 0 Å². The minimum absolute atomic E-state index is 0.0797. The third-order valence-electron chi connectivity index (χ3n) is 3.48. The van der Waals surface area contributed by atoms with Crippen LogP contribution < -0.4 is 26.1 Å². The lowest BCUT2D eigenvalue weighted by Crippen LogP contribution is -2.33. The standard InChI is InChI=1S/C11H20N7O2P/c1-8(20-7-21(19)16-2-3-17-21)4-18-6-15-9-10(12)13-5-14-11(9)18/h5,8,15H,2-4,6-7H2,1H3,(H2,12,13,14)(H2,16,17,19)/t8-/m1/s1. The van der Waals surface area contributed by atoms with E-state index in [2.05, 4.69) is 25.5 Å². The maximum atomic E-state index is 12.2. The zero-order valence-electron chi connectivity index (χ0n) is 11.9. The summed E-state index contributed by atoms with van der Waals surface area (Å²) in [7, 11) is -2.54. The van der Waals surface area contributed by atoms with Crippen molar-refractivity contribution in [3.8, 4) is 0 Å². The average molecular weight is 313 g/mol. The molecule has 5 N–H and O–H groups in total. The van der Waals surface area contributed by atoms with Crippen LogP contribution in [0.2, 0.25) is 0 Å². The Kier molecular flexibility index (Phi) is 3.99. The molecule has 1 aromatic rings. The molecule has 0 bridgehead atoms. The maximum absolute atomic E-state index is 12.2. The summed E-state index contributed by atoms with van der Waals surface area (Å²) in [5.74, 6) is 1.22. The number of hydrogen-bond donors (Lipinski definition) is 4. The number of nitrogens with two attached hydrogens (primary N) is 1. The number of nitrogens with one attached hydrogen (secondary N) is 3. The van der Waals surface area contributed by atoms with Crippen LogP contribution in [0.1, 0.15) is 6.92 Å². The Morgan fingerprint density at radius 2 is 2.24 bits per heavy atom. The van der Waals surface area contributed by atoms with Gasteiger partial charge >= 0.3 is 0 Å². The summed E-state index contributed by atoms with van der Waals surface area (Å²) in [5, 5.41) is 9.09. The molecule has 1 fully saturated rings. The van der Waals surface area contributed by atoms with Gasteiger partial charge in [0.15, 0.2) is 11.6 Å². The molecule has 0 unspecified atom stereocenters. The fourth-order valence-electron chi connectivity index (χ4n) is 2.41. The number of ether oxygens (including phenoxy) is 1. The quantitative estimate of drug-likeness (QED) is 0.557. The predicted molar refractivity (Wildman–Crippen MR) is 81.3 cm³/mol. The molecule has 116 valence electrons. The molecular formula is C11H20N7O2P. The van der Waals surface area contributed by atoms with Crippen LogP contribution >= 0.6 is 7.44 Å². The van der Waals surface area contributed by atoms with Gasteiger partial charge in [-0.1, -0.05) is 0 Å². The van der Waals surface area contributed by atoms with Crippen LogP contribution in [0.25, 0.3) is 0 Å². The fraction of sp³-hybridized carbons (Fsp3) is 0.636. The van der Waals surface area contributed by atoms with Crippen LogP contribution in [-0.4, -0.2) is 48.7 Å². The molecule has 21 heavy (non-hydrogen) atoms. The monoisotopic (exact) mass is 313 g/mol. The molecular weight excluding hydrogens is 293 g/mol. The lowest BCUT2D eigenvalue weighted by atomic mass is 10.3. The van der Waals surface area contributed by atoms with Crippen LogP contribution in [0.15, 0.2) is 6.33 Å². The van der Waals surface area contributed by atoms with Gasteiger partial charge in [0.1, 0.15) is 18.4 Å². The van der Waals surface area contributed by atoms with Gasteiger partial charge in [0.05, 0.1) is 12.8 Å². The molecule has 0 radical (unpaired) electrons. The number of aromatic nitrogens is 2. The highest BCUT2D eigenvalue weighted by atomic mass is 31.2. The molecule has 0 saturated carbocycles. The number of hydrogen-bond acceptors (Lipinski definition) is 7. The molecule has 0 amide bonds. The molecule has 3 rings (SSSR count). The summed E-state index contributed by atoms with van der Waals surface area (Å²) in [6, 6.07) is 0. The predicted octanol–water partition coefficient (Wildman–Crippen LogP) is -0.00330. The van der Waals surface area contributed by atoms with E-state index >= 15 is 0 Å². The summed E-state index contributed by atoms with van der Waals surface area (Å²) in [4.78, 5) is 10.2. The third-order valence-corrected chi connectivity index (χ3v) is 5.46. The van der Waals surface area contributed by atoms with E-state index in [1.54, 1.807) is 0 Å². The molecule has 2 aliphatic heterocycles. The van der Waals surface area contributed by atoms with Gasteiger partial charge in [-0.3, -0.25) is 14.7 Å². The van der Waals surface area contributed by atoms with Crippen LogP contribution in [-0.2, 0) is 9.30 Å². The summed E-state index contributed by atoms with van der Waals surface area (Å²) in [5.41, 5.74) is 6.56. The zero-order chi connectivity index (χ0) is 14.9. The fourth-order valence-corrected chi connectivity index (χ4v) is 4.12. The van der Waals surface area contributed by atoms with E-state index in [0.717, 1.165) is 11.5 Å². The Bertz CT molecular complexity index is 560. The van der Waals surface area contributed by atoms with E-state index in [1.807, 2.05) is 11.8 Å². The van der Waals surface area contributed by atoms with E-state index in [9.17, 15) is 4.57 Å². The van der Waals surface area contributed by atoms with Gasteiger partial charge in [0.25, 0.3) is 0 Å². The van der Waals surface area contributed by atoms with Gasteiger partial charge < -0.3 is 20.7 Å². The van der Waals surface area contributed by atoms with Crippen LogP contribution in [0.4, 0.5) is 17.3 Å². The van der Waals surface area contributed by atoms with Crippen molar-refractivity contribution in [3.63, 3.8) is 0 Å².